The van der Waals surface area contributed by atoms with Gasteiger partial charge in [0.25, 0.3) is 5.78 Å². The Kier molecular flexibility index (Phi) is 4.66. The molecule has 0 bridgehead atoms. The second-order valence-electron chi connectivity index (χ2n) is 3.02. The average Bonchev–Trinajstić information content (AvgIpc) is 2.29. The van der Waals surface area contributed by atoms with E-state index in [4.69, 9.17) is 16.3 Å². The zero-order chi connectivity index (χ0) is 12.8. The van der Waals surface area contributed by atoms with Gasteiger partial charge in [-0.25, -0.2) is 0 Å². The fourth-order valence-electron chi connectivity index (χ4n) is 1.13. The van der Waals surface area contributed by atoms with Crippen LogP contribution in [-0.2, 0) is 4.74 Å². The fourth-order valence-corrected chi connectivity index (χ4v) is 1.35. The monoisotopic (exact) mass is 255 g/mol. The molecule has 0 aliphatic heterocycles. The Labute approximate surface area is 103 Å². The number of ether oxygens (including phenoxy) is 1. The van der Waals surface area contributed by atoms with Crippen LogP contribution in [-0.4, -0.2) is 17.3 Å². The summed E-state index contributed by atoms with van der Waals surface area (Å²) in [6, 6.07) is 6.13. The van der Waals surface area contributed by atoms with Gasteiger partial charge in [-0.2, -0.15) is 0 Å². The van der Waals surface area contributed by atoms with E-state index in [2.05, 4.69) is 0 Å². The van der Waals surface area contributed by atoms with Crippen LogP contribution in [0, 0.1) is 10.1 Å². The molecule has 0 heterocycles. The molecule has 0 saturated carbocycles. The molecule has 0 unspecified atom stereocenters. The first-order valence-corrected chi connectivity index (χ1v) is 5.21. The molecule has 0 amide bonds. The summed E-state index contributed by atoms with van der Waals surface area (Å²) < 4.78 is 4.77. The van der Waals surface area contributed by atoms with Crippen molar-refractivity contribution in [1.29, 1.82) is 0 Å². The lowest BCUT2D eigenvalue weighted by Crippen LogP contribution is -2.12. The number of Topliss-reactive ketones (excluding diaryl/α,β-unsaturated/α-hetero) is 1. The van der Waals surface area contributed by atoms with E-state index < -0.39 is 16.4 Å². The van der Waals surface area contributed by atoms with Crippen LogP contribution in [0.3, 0.4) is 0 Å². The second kappa shape index (κ2) is 6.00. The molecular weight excluding hydrogens is 246 g/mol. The SMILES string of the molecule is CCO/C=C(/C(=O)c1ccccc1Cl)[N+](=O)[O-]. The van der Waals surface area contributed by atoms with Gasteiger partial charge in [0.1, 0.15) is 0 Å². The molecule has 0 atom stereocenters. The summed E-state index contributed by atoms with van der Waals surface area (Å²) in [5.41, 5.74) is -0.559. The van der Waals surface area contributed by atoms with E-state index in [1.807, 2.05) is 0 Å². The maximum atomic E-state index is 11.8. The van der Waals surface area contributed by atoms with Crippen molar-refractivity contribution in [3.05, 3.63) is 56.9 Å². The van der Waals surface area contributed by atoms with Gasteiger partial charge in [-0.1, -0.05) is 23.7 Å². The van der Waals surface area contributed by atoms with Crippen LogP contribution in [0.2, 0.25) is 5.02 Å². The number of carbonyl (C=O) groups excluding carboxylic acids is 1. The third-order valence-electron chi connectivity index (χ3n) is 1.91. The lowest BCUT2D eigenvalue weighted by Gasteiger charge is -2.01. The van der Waals surface area contributed by atoms with Gasteiger partial charge in [-0.3, -0.25) is 14.9 Å². The van der Waals surface area contributed by atoms with Crippen molar-refractivity contribution in [3.8, 4) is 0 Å². The summed E-state index contributed by atoms with van der Waals surface area (Å²) in [4.78, 5) is 21.8. The topological polar surface area (TPSA) is 69.4 Å². The Hall–Kier alpha value is -1.88. The standard InChI is InChI=1S/C11H10ClNO4/c1-2-17-7-10(13(15)16)11(14)8-5-3-4-6-9(8)12/h3-7H,2H2,1H3/b10-7-. The van der Waals surface area contributed by atoms with Crippen molar-refractivity contribution in [1.82, 2.24) is 0 Å². The number of carbonyl (C=O) groups is 1. The number of hydrogen-bond acceptors (Lipinski definition) is 4. The number of rotatable bonds is 5. The summed E-state index contributed by atoms with van der Waals surface area (Å²) in [5.74, 6) is -0.769. The summed E-state index contributed by atoms with van der Waals surface area (Å²) in [5, 5.41) is 10.9. The molecule has 0 fully saturated rings. The van der Waals surface area contributed by atoms with Gasteiger partial charge >= 0.3 is 5.70 Å². The molecule has 5 nitrogen and oxygen atoms in total. The van der Waals surface area contributed by atoms with Crippen molar-refractivity contribution < 1.29 is 14.5 Å². The third kappa shape index (κ3) is 3.29. The van der Waals surface area contributed by atoms with Gasteiger partial charge in [-0.05, 0) is 19.1 Å². The van der Waals surface area contributed by atoms with Gasteiger partial charge in [0, 0.05) is 5.56 Å². The van der Waals surface area contributed by atoms with Crippen LogP contribution in [0.1, 0.15) is 17.3 Å². The molecule has 0 aromatic heterocycles. The first-order valence-electron chi connectivity index (χ1n) is 4.83. The van der Waals surface area contributed by atoms with Gasteiger partial charge < -0.3 is 4.74 Å². The molecule has 17 heavy (non-hydrogen) atoms. The number of nitro groups is 1. The summed E-state index contributed by atoms with van der Waals surface area (Å²) in [7, 11) is 0. The minimum atomic E-state index is -0.790. The number of halogens is 1. The van der Waals surface area contributed by atoms with E-state index in [1.165, 1.54) is 12.1 Å². The van der Waals surface area contributed by atoms with Crippen LogP contribution in [0.5, 0.6) is 0 Å². The second-order valence-corrected chi connectivity index (χ2v) is 3.43. The van der Waals surface area contributed by atoms with Gasteiger partial charge in [0.05, 0.1) is 16.6 Å². The molecule has 0 saturated heterocycles. The Morgan fingerprint density at radius 1 is 1.53 bits per heavy atom. The van der Waals surface area contributed by atoms with Gasteiger partial charge in [0.2, 0.25) is 0 Å². The van der Waals surface area contributed by atoms with Crippen LogP contribution < -0.4 is 0 Å². The number of nitrogens with zero attached hydrogens (tertiary/aromatic N) is 1. The summed E-state index contributed by atoms with van der Waals surface area (Å²) >= 11 is 5.79. The highest BCUT2D eigenvalue weighted by Crippen LogP contribution is 2.19. The Morgan fingerprint density at radius 2 is 2.18 bits per heavy atom. The predicted molar refractivity (Wildman–Crippen MR) is 62.5 cm³/mol. The van der Waals surface area contributed by atoms with Crippen molar-refractivity contribution in [2.24, 2.45) is 0 Å². The van der Waals surface area contributed by atoms with Crippen molar-refractivity contribution in [2.75, 3.05) is 6.61 Å². The zero-order valence-electron chi connectivity index (χ0n) is 9.05. The number of ketones is 1. The van der Waals surface area contributed by atoms with E-state index in [1.54, 1.807) is 19.1 Å². The molecule has 1 aromatic carbocycles. The largest absolute Gasteiger partial charge is 0.494 e. The van der Waals surface area contributed by atoms with E-state index in [9.17, 15) is 14.9 Å². The third-order valence-corrected chi connectivity index (χ3v) is 2.24. The van der Waals surface area contributed by atoms with Crippen LogP contribution >= 0.6 is 11.6 Å². The van der Waals surface area contributed by atoms with Gasteiger partial charge in [-0.15, -0.1) is 0 Å². The molecule has 1 rings (SSSR count). The molecular formula is C11H10ClNO4. The molecule has 6 heteroatoms. The molecule has 90 valence electrons. The van der Waals surface area contributed by atoms with Crippen LogP contribution in [0.25, 0.3) is 0 Å². The maximum absolute atomic E-state index is 11.8. The molecule has 0 aliphatic carbocycles. The van der Waals surface area contributed by atoms with Crippen molar-refractivity contribution >= 4 is 17.4 Å². The number of benzene rings is 1. The molecule has 0 N–H and O–H groups in total. The molecule has 0 spiro atoms. The first-order chi connectivity index (χ1) is 8.07. The lowest BCUT2D eigenvalue weighted by atomic mass is 10.1. The Bertz CT molecular complexity index is 470. The van der Waals surface area contributed by atoms with E-state index >= 15 is 0 Å². The van der Waals surface area contributed by atoms with Crippen LogP contribution in [0.4, 0.5) is 0 Å². The minimum absolute atomic E-state index is 0.0804. The summed E-state index contributed by atoms with van der Waals surface area (Å²) in [6.45, 7) is 1.90. The van der Waals surface area contributed by atoms with E-state index in [-0.39, 0.29) is 17.2 Å². The van der Waals surface area contributed by atoms with E-state index in [0.29, 0.717) is 0 Å². The maximum Gasteiger partial charge on any atom is 0.350 e. The fraction of sp³-hybridized carbons (Fsp3) is 0.182. The number of allylic oxidation sites excluding steroid dienone is 1. The average molecular weight is 256 g/mol. The highest BCUT2D eigenvalue weighted by atomic mass is 35.5. The van der Waals surface area contributed by atoms with Crippen LogP contribution in [0.15, 0.2) is 36.2 Å². The van der Waals surface area contributed by atoms with Crippen molar-refractivity contribution in [2.45, 2.75) is 6.92 Å². The normalized spacial score (nSPS) is 11.1. The molecule has 1 aromatic rings. The first kappa shape index (κ1) is 13.2. The minimum Gasteiger partial charge on any atom is -0.494 e. The predicted octanol–water partition coefficient (Wildman–Crippen LogP) is 2.68. The molecule has 0 aliphatic rings. The quantitative estimate of drug-likeness (QED) is 0.267. The zero-order valence-corrected chi connectivity index (χ0v) is 9.81. The summed E-state index contributed by atoms with van der Waals surface area (Å²) in [6.07, 6.45) is 0.839. The number of hydrogen-bond donors (Lipinski definition) is 0. The highest BCUT2D eigenvalue weighted by Gasteiger charge is 2.25. The molecule has 0 radical (unpaired) electrons. The Balaban J connectivity index is 3.09. The Morgan fingerprint density at radius 3 is 2.71 bits per heavy atom. The van der Waals surface area contributed by atoms with Gasteiger partial charge in [0.15, 0.2) is 6.26 Å². The van der Waals surface area contributed by atoms with E-state index in [0.717, 1.165) is 6.26 Å². The smallest absolute Gasteiger partial charge is 0.350 e. The van der Waals surface area contributed by atoms with Crippen molar-refractivity contribution in [3.63, 3.8) is 0 Å². The highest BCUT2D eigenvalue weighted by molar-refractivity contribution is 6.34. The lowest BCUT2D eigenvalue weighted by molar-refractivity contribution is -0.418.